The molecule has 0 radical (unpaired) electrons. The van der Waals surface area contributed by atoms with Gasteiger partial charge < -0.3 is 47.6 Å². The van der Waals surface area contributed by atoms with E-state index < -0.39 is 66.2 Å². The summed E-state index contributed by atoms with van der Waals surface area (Å²) in [7, 11) is 0. The molecule has 0 unspecified atom stereocenters. The van der Waals surface area contributed by atoms with E-state index in [2.05, 4.69) is 41.9 Å². The first-order valence-corrected chi connectivity index (χ1v) is 19.2. The van der Waals surface area contributed by atoms with Crippen molar-refractivity contribution in [1.29, 1.82) is 0 Å². The zero-order valence-electron chi connectivity index (χ0n) is 30.1. The number of anilines is 1. The topological polar surface area (TPSA) is 232 Å². The first-order valence-electron chi connectivity index (χ1n) is 17.8. The quantitative estimate of drug-likeness (QED) is 0.0938. The number of aromatic amines is 2. The van der Waals surface area contributed by atoms with Crippen molar-refractivity contribution in [2.45, 2.75) is 43.4 Å². The second kappa shape index (κ2) is 17.7. The summed E-state index contributed by atoms with van der Waals surface area (Å²) in [5.41, 5.74) is 9.52. The van der Waals surface area contributed by atoms with E-state index in [0.717, 1.165) is 27.4 Å². The molecule has 4 atom stereocenters. The number of carbonyl (C=O) groups excluding carboxylic acids is 6. The molecule has 0 saturated carbocycles. The monoisotopic (exact) mass is 765 g/mol. The highest BCUT2D eigenvalue weighted by Crippen LogP contribution is 2.21. The van der Waals surface area contributed by atoms with E-state index in [4.69, 9.17) is 5.73 Å². The summed E-state index contributed by atoms with van der Waals surface area (Å²) in [6.45, 7) is -0.853. The van der Waals surface area contributed by atoms with Crippen molar-refractivity contribution in [2.24, 2.45) is 0 Å². The SMILES string of the molecule is CSCC[C@H]1NC(=O)[C@H](CNC(=O)c2ccccc2N)NC(=O)[C@H](Cc2c[nH]c3ccccc23)NC(=O)[C@H](Cc2c[nH]c3ccccc23)NC(=O)CNC1=O. The lowest BCUT2D eigenvalue weighted by Crippen LogP contribution is -2.60. The minimum absolute atomic E-state index is 0.00692. The maximum atomic E-state index is 14.3. The number of aromatic nitrogens is 2. The highest BCUT2D eigenvalue weighted by atomic mass is 32.2. The lowest BCUT2D eigenvalue weighted by atomic mass is 10.0. The number of nitrogens with two attached hydrogens (primary N) is 1. The molecule has 0 spiro atoms. The molecule has 3 heterocycles. The van der Waals surface area contributed by atoms with Crippen LogP contribution in [0.1, 0.15) is 27.9 Å². The van der Waals surface area contributed by atoms with Crippen LogP contribution < -0.4 is 37.6 Å². The van der Waals surface area contributed by atoms with E-state index in [9.17, 15) is 28.8 Å². The van der Waals surface area contributed by atoms with E-state index in [1.807, 2.05) is 54.8 Å². The second-order valence-corrected chi connectivity index (χ2v) is 14.2. The van der Waals surface area contributed by atoms with Gasteiger partial charge in [0, 0.05) is 59.3 Å². The molecular formula is C39H43N9O6S. The molecule has 1 fully saturated rings. The molecule has 6 rings (SSSR count). The fourth-order valence-corrected chi connectivity index (χ4v) is 6.99. The van der Waals surface area contributed by atoms with Crippen molar-refractivity contribution >= 4 is 74.7 Å². The van der Waals surface area contributed by atoms with Crippen molar-refractivity contribution in [3.8, 4) is 0 Å². The van der Waals surface area contributed by atoms with Gasteiger partial charge in [0.25, 0.3) is 5.91 Å². The lowest BCUT2D eigenvalue weighted by Gasteiger charge is -2.26. The highest BCUT2D eigenvalue weighted by Gasteiger charge is 2.33. The van der Waals surface area contributed by atoms with E-state index >= 15 is 0 Å². The molecule has 3 aromatic carbocycles. The number of carbonyl (C=O) groups is 6. The van der Waals surface area contributed by atoms with Crippen LogP contribution in [0.2, 0.25) is 0 Å². The lowest BCUT2D eigenvalue weighted by molar-refractivity contribution is -0.133. The molecule has 5 aromatic rings. The van der Waals surface area contributed by atoms with Gasteiger partial charge in [0.15, 0.2) is 0 Å². The van der Waals surface area contributed by atoms with Gasteiger partial charge >= 0.3 is 0 Å². The summed E-state index contributed by atoms with van der Waals surface area (Å²) in [5.74, 6) is -3.52. The maximum absolute atomic E-state index is 14.3. The first kappa shape index (κ1) is 38.4. The molecule has 55 heavy (non-hydrogen) atoms. The normalized spacial score (nSPS) is 20.1. The summed E-state index contributed by atoms with van der Waals surface area (Å²) in [6, 6.07) is 16.5. The number of thioether (sulfide) groups is 1. The largest absolute Gasteiger partial charge is 0.398 e. The van der Waals surface area contributed by atoms with Gasteiger partial charge in [-0.05, 0) is 53.8 Å². The Bertz CT molecular complexity index is 2220. The van der Waals surface area contributed by atoms with Crippen LogP contribution in [0.15, 0.2) is 85.2 Å². The Hall–Kier alpha value is -6.29. The predicted molar refractivity (Wildman–Crippen MR) is 211 cm³/mol. The highest BCUT2D eigenvalue weighted by molar-refractivity contribution is 7.98. The van der Waals surface area contributed by atoms with Crippen molar-refractivity contribution in [3.63, 3.8) is 0 Å². The fourth-order valence-electron chi connectivity index (χ4n) is 6.52. The van der Waals surface area contributed by atoms with Gasteiger partial charge in [0.05, 0.1) is 12.1 Å². The van der Waals surface area contributed by atoms with Crippen molar-refractivity contribution in [3.05, 3.63) is 102 Å². The van der Waals surface area contributed by atoms with Gasteiger partial charge in [-0.3, -0.25) is 28.8 Å². The predicted octanol–water partition coefficient (Wildman–Crippen LogP) is 1.27. The number of H-pyrrole nitrogens is 2. The zero-order chi connectivity index (χ0) is 38.9. The zero-order valence-corrected chi connectivity index (χ0v) is 30.9. The number of fused-ring (bicyclic) bond motifs is 2. The Morgan fingerprint density at radius 2 is 1.22 bits per heavy atom. The number of benzene rings is 3. The molecular weight excluding hydrogens is 723 g/mol. The third kappa shape index (κ3) is 9.45. The standard InChI is InChI=1S/C39H43N9O6S/c1-55-15-14-30-36(51)44-21-34(49)45-31(16-22-18-41-28-12-6-3-8-24(22)28)37(52)47-32(17-23-19-42-29-13-7-4-9-25(23)29)38(53)48-33(39(54)46-30)20-43-35(50)26-10-2-5-11-27(26)40/h2-13,18-19,30-33,41-42H,14-17,20-21,40H2,1H3,(H,43,50)(H,44,51)(H,45,49)(H,46,54)(H,47,52)(H,48,53)/t30-,31+,32+,33+/m1/s1. The van der Waals surface area contributed by atoms with Crippen LogP contribution in [0.4, 0.5) is 5.69 Å². The number of amides is 6. The van der Waals surface area contributed by atoms with Crippen LogP contribution in [0.3, 0.4) is 0 Å². The van der Waals surface area contributed by atoms with Gasteiger partial charge in [-0.2, -0.15) is 11.8 Å². The smallest absolute Gasteiger partial charge is 0.253 e. The Morgan fingerprint density at radius 1 is 0.691 bits per heavy atom. The number of nitrogens with one attached hydrogen (secondary N) is 8. The van der Waals surface area contributed by atoms with Crippen LogP contribution in [0.25, 0.3) is 21.8 Å². The number of nitrogen functional groups attached to an aromatic ring is 1. The third-order valence-corrected chi connectivity index (χ3v) is 10.1. The van der Waals surface area contributed by atoms with Crippen molar-refractivity contribution in [1.82, 2.24) is 41.9 Å². The van der Waals surface area contributed by atoms with Crippen molar-refractivity contribution in [2.75, 3.05) is 30.8 Å². The number of rotatable bonds is 10. The van der Waals surface area contributed by atoms with Crippen LogP contribution in [0, 0.1) is 0 Å². The van der Waals surface area contributed by atoms with Crippen LogP contribution in [0.5, 0.6) is 0 Å². The van der Waals surface area contributed by atoms with Crippen LogP contribution >= 0.6 is 11.8 Å². The number of hydrogen-bond donors (Lipinski definition) is 9. The van der Waals surface area contributed by atoms with E-state index in [-0.39, 0.29) is 37.1 Å². The van der Waals surface area contributed by atoms with E-state index in [0.29, 0.717) is 11.3 Å². The summed E-state index contributed by atoms with van der Waals surface area (Å²) >= 11 is 1.46. The fraction of sp³-hybridized carbons (Fsp3) is 0.282. The maximum Gasteiger partial charge on any atom is 0.253 e. The van der Waals surface area contributed by atoms with Gasteiger partial charge in [-0.25, -0.2) is 0 Å². The minimum atomic E-state index is -1.39. The molecule has 1 saturated heterocycles. The Kier molecular flexibility index (Phi) is 12.4. The van der Waals surface area contributed by atoms with E-state index in [1.165, 1.54) is 17.8 Å². The van der Waals surface area contributed by atoms with E-state index in [1.54, 1.807) is 30.6 Å². The molecule has 16 heteroatoms. The Balaban J connectivity index is 1.35. The summed E-state index contributed by atoms with van der Waals surface area (Å²) < 4.78 is 0. The van der Waals surface area contributed by atoms with Gasteiger partial charge in [-0.15, -0.1) is 0 Å². The molecule has 286 valence electrons. The third-order valence-electron chi connectivity index (χ3n) is 9.45. The summed E-state index contributed by atoms with van der Waals surface area (Å²) in [5, 5.41) is 17.9. The van der Waals surface area contributed by atoms with Gasteiger partial charge in [-0.1, -0.05) is 48.5 Å². The molecule has 6 amide bonds. The molecule has 1 aliphatic rings. The average molecular weight is 766 g/mol. The Morgan fingerprint density at radius 3 is 1.84 bits per heavy atom. The summed E-state index contributed by atoms with van der Waals surface area (Å²) in [6.07, 6.45) is 5.62. The van der Waals surface area contributed by atoms with Gasteiger partial charge in [0.2, 0.25) is 29.5 Å². The molecule has 1 aliphatic heterocycles. The van der Waals surface area contributed by atoms with Gasteiger partial charge in [0.1, 0.15) is 24.2 Å². The molecule has 0 aliphatic carbocycles. The molecule has 0 bridgehead atoms. The van der Waals surface area contributed by atoms with Crippen molar-refractivity contribution < 1.29 is 28.8 Å². The average Bonchev–Trinajstić information content (AvgIpc) is 3.79. The number of para-hydroxylation sites is 3. The molecule has 2 aromatic heterocycles. The Labute approximate surface area is 320 Å². The number of hydrogen-bond acceptors (Lipinski definition) is 8. The van der Waals surface area contributed by atoms with Crippen LogP contribution in [-0.2, 0) is 36.8 Å². The molecule has 10 N–H and O–H groups in total. The first-order chi connectivity index (χ1) is 26.6. The summed E-state index contributed by atoms with van der Waals surface area (Å²) in [4.78, 5) is 88.8. The molecule has 15 nitrogen and oxygen atoms in total. The minimum Gasteiger partial charge on any atom is -0.398 e. The van der Waals surface area contributed by atoms with Crippen LogP contribution in [-0.4, -0.2) is 94.7 Å². The second-order valence-electron chi connectivity index (χ2n) is 13.2.